The zero-order valence-corrected chi connectivity index (χ0v) is 24.0. The molecule has 40 heavy (non-hydrogen) atoms. The minimum Gasteiger partial charge on any atom is -0.382 e. The first-order chi connectivity index (χ1) is 18.9. The molecule has 1 aromatic carbocycles. The summed E-state index contributed by atoms with van der Waals surface area (Å²) in [6.45, 7) is 3.34. The molecule has 0 radical (unpaired) electrons. The maximum Gasteiger partial charge on any atom is 0.490 e. The lowest BCUT2D eigenvalue weighted by molar-refractivity contribution is -0.380. The lowest BCUT2D eigenvalue weighted by Gasteiger charge is -2.23. The van der Waals surface area contributed by atoms with E-state index in [1.54, 1.807) is 16.9 Å². The zero-order chi connectivity index (χ0) is 29.5. The van der Waals surface area contributed by atoms with Crippen LogP contribution in [0.4, 0.5) is 29.7 Å². The van der Waals surface area contributed by atoms with E-state index in [4.69, 9.17) is 15.8 Å². The quantitative estimate of drug-likeness (QED) is 0.101. The van der Waals surface area contributed by atoms with Crippen molar-refractivity contribution in [1.29, 1.82) is 0 Å². The van der Waals surface area contributed by atoms with E-state index in [1.165, 1.54) is 29.6 Å². The first kappa shape index (κ1) is 31.6. The maximum atomic E-state index is 13.5. The Morgan fingerprint density at radius 1 is 1.20 bits per heavy atom. The van der Waals surface area contributed by atoms with Gasteiger partial charge in [-0.25, -0.2) is 9.19 Å². The molecule has 218 valence electrons. The third-order valence-corrected chi connectivity index (χ3v) is 8.86. The van der Waals surface area contributed by atoms with E-state index in [0.717, 1.165) is 42.3 Å². The number of hydrogen-bond acceptors (Lipinski definition) is 9. The van der Waals surface area contributed by atoms with Crippen LogP contribution in [0, 0.1) is 10.1 Å². The summed E-state index contributed by atoms with van der Waals surface area (Å²) >= 11 is 6.62. The second-order valence-corrected chi connectivity index (χ2v) is 12.4. The number of anilines is 2. The minimum atomic E-state index is -5.01. The molecule has 17 heteroatoms. The van der Waals surface area contributed by atoms with Crippen molar-refractivity contribution >= 4 is 60.5 Å². The van der Waals surface area contributed by atoms with Gasteiger partial charge in [0.2, 0.25) is 11.0 Å². The summed E-state index contributed by atoms with van der Waals surface area (Å²) in [5.74, 6) is 0.0315. The molecule has 0 saturated carbocycles. The molecular formula is C23H24ClF3N4O6S3. The minimum absolute atomic E-state index is 0.0127. The lowest BCUT2D eigenvalue weighted by atomic mass is 10.1. The van der Waals surface area contributed by atoms with Crippen molar-refractivity contribution in [2.75, 3.05) is 28.6 Å². The SMILES string of the molecule is CCCN(CCCl)c1ccc(OS(=O)(=O)C(Cc2ccc(NS(=O)C(F)(F)F)nc2)c2ccsc2[N+](=O)[O-])cc1. The Labute approximate surface area is 240 Å². The van der Waals surface area contributed by atoms with E-state index in [-0.39, 0.29) is 29.1 Å². The molecule has 1 N–H and O–H groups in total. The maximum absolute atomic E-state index is 13.5. The van der Waals surface area contributed by atoms with E-state index >= 15 is 0 Å². The van der Waals surface area contributed by atoms with Gasteiger partial charge in [-0.15, -0.1) is 11.6 Å². The number of halogens is 4. The number of rotatable bonds is 14. The fourth-order valence-electron chi connectivity index (χ4n) is 3.69. The summed E-state index contributed by atoms with van der Waals surface area (Å²) in [5, 5.41) is 11.0. The number of benzene rings is 1. The van der Waals surface area contributed by atoms with Crippen molar-refractivity contribution < 1.29 is 34.9 Å². The predicted molar refractivity (Wildman–Crippen MR) is 149 cm³/mol. The van der Waals surface area contributed by atoms with Crippen LogP contribution in [-0.4, -0.2) is 47.0 Å². The molecule has 2 aromatic heterocycles. The summed E-state index contributed by atoms with van der Waals surface area (Å²) in [6, 6.07) is 9.95. The molecule has 3 aromatic rings. The van der Waals surface area contributed by atoms with Crippen LogP contribution in [0.3, 0.4) is 0 Å². The Morgan fingerprint density at radius 3 is 2.45 bits per heavy atom. The third kappa shape index (κ3) is 8.28. The Hall–Kier alpha value is -2.95. The van der Waals surface area contributed by atoms with Crippen LogP contribution in [0.1, 0.15) is 29.7 Å². The molecule has 0 aliphatic carbocycles. The second-order valence-electron chi connectivity index (χ2n) is 8.25. The van der Waals surface area contributed by atoms with Gasteiger partial charge in [0.1, 0.15) is 16.8 Å². The van der Waals surface area contributed by atoms with E-state index in [2.05, 4.69) is 4.98 Å². The fraction of sp³-hybridized carbons (Fsp3) is 0.348. The Balaban J connectivity index is 1.88. The monoisotopic (exact) mass is 640 g/mol. The number of pyridine rings is 1. The first-order valence-electron chi connectivity index (χ1n) is 11.6. The van der Waals surface area contributed by atoms with Crippen molar-refractivity contribution in [3.8, 4) is 5.75 Å². The summed E-state index contributed by atoms with van der Waals surface area (Å²) in [7, 11) is -7.92. The van der Waals surface area contributed by atoms with Crippen molar-refractivity contribution in [1.82, 2.24) is 4.98 Å². The number of nitrogens with one attached hydrogen (secondary N) is 1. The highest BCUT2D eigenvalue weighted by molar-refractivity contribution is 7.87. The highest BCUT2D eigenvalue weighted by Gasteiger charge is 2.38. The standard InChI is InChI=1S/C23H24ClF3N4O6S3/c1-2-11-30(12-10-24)17-4-6-18(7-5-17)37-40(35,36)20(19-9-13-38-22(19)31(32)33)14-16-3-8-21(28-15-16)29-39(34)23(25,26)27/h3-9,13,15,20H,2,10-12,14H2,1H3,(H,28,29). The molecule has 2 unspecified atom stereocenters. The van der Waals surface area contributed by atoms with Gasteiger partial charge in [-0.2, -0.15) is 21.6 Å². The van der Waals surface area contributed by atoms with Gasteiger partial charge < -0.3 is 9.08 Å². The molecule has 0 spiro atoms. The van der Waals surface area contributed by atoms with Crippen LogP contribution >= 0.6 is 22.9 Å². The van der Waals surface area contributed by atoms with E-state index in [9.17, 15) is 35.9 Å². The summed E-state index contributed by atoms with van der Waals surface area (Å²) in [4.78, 5) is 16.7. The summed E-state index contributed by atoms with van der Waals surface area (Å²) in [6.07, 6.45) is 1.62. The first-order valence-corrected chi connectivity index (χ1v) is 15.7. The normalized spacial score (nSPS) is 13.4. The lowest BCUT2D eigenvalue weighted by Crippen LogP contribution is -2.26. The smallest absolute Gasteiger partial charge is 0.382 e. The highest BCUT2D eigenvalue weighted by atomic mass is 35.5. The molecule has 2 heterocycles. The van der Waals surface area contributed by atoms with Gasteiger partial charge in [0, 0.05) is 30.9 Å². The molecule has 0 saturated heterocycles. The molecule has 0 fully saturated rings. The van der Waals surface area contributed by atoms with Gasteiger partial charge in [-0.1, -0.05) is 24.3 Å². The van der Waals surface area contributed by atoms with Gasteiger partial charge in [0.15, 0.2) is 0 Å². The molecular weight excluding hydrogens is 617 g/mol. The van der Waals surface area contributed by atoms with E-state index < -0.39 is 41.8 Å². The predicted octanol–water partition coefficient (Wildman–Crippen LogP) is 5.79. The van der Waals surface area contributed by atoms with Gasteiger partial charge >= 0.3 is 20.6 Å². The number of hydrogen-bond donors (Lipinski definition) is 1. The Morgan fingerprint density at radius 2 is 1.90 bits per heavy atom. The van der Waals surface area contributed by atoms with Crippen molar-refractivity contribution in [2.24, 2.45) is 0 Å². The molecule has 0 aliphatic heterocycles. The van der Waals surface area contributed by atoms with Gasteiger partial charge in [0.05, 0.1) is 10.5 Å². The largest absolute Gasteiger partial charge is 0.490 e. The fourth-order valence-corrected chi connectivity index (χ4v) is 6.57. The third-order valence-electron chi connectivity index (χ3n) is 5.45. The van der Waals surface area contributed by atoms with E-state index in [1.807, 2.05) is 11.8 Å². The number of nitrogens with zero attached hydrogens (tertiary/aromatic N) is 3. The Bertz CT molecular complexity index is 1410. The number of thiophene rings is 1. The van der Waals surface area contributed by atoms with Crippen LogP contribution < -0.4 is 13.8 Å². The average molecular weight is 641 g/mol. The van der Waals surface area contributed by atoms with Gasteiger partial charge in [0.25, 0.3) is 0 Å². The highest BCUT2D eigenvalue weighted by Crippen LogP contribution is 2.38. The van der Waals surface area contributed by atoms with Crippen molar-refractivity contribution in [2.45, 2.75) is 30.5 Å². The molecule has 10 nitrogen and oxygen atoms in total. The molecule has 3 rings (SSSR count). The van der Waals surface area contributed by atoms with Crippen LogP contribution in [0.25, 0.3) is 0 Å². The topological polar surface area (TPSA) is 132 Å². The molecule has 0 aliphatic rings. The van der Waals surface area contributed by atoms with Crippen molar-refractivity contribution in [3.63, 3.8) is 0 Å². The van der Waals surface area contributed by atoms with Crippen LogP contribution in [-0.2, 0) is 27.5 Å². The van der Waals surface area contributed by atoms with Gasteiger partial charge in [-0.3, -0.25) is 14.8 Å². The second kappa shape index (κ2) is 13.6. The average Bonchev–Trinajstić information content (AvgIpc) is 3.37. The van der Waals surface area contributed by atoms with E-state index in [0.29, 0.717) is 12.4 Å². The zero-order valence-electron chi connectivity index (χ0n) is 20.8. The molecule has 2 atom stereocenters. The molecule has 0 bridgehead atoms. The van der Waals surface area contributed by atoms with Crippen LogP contribution in [0.5, 0.6) is 5.75 Å². The van der Waals surface area contributed by atoms with Crippen molar-refractivity contribution in [3.05, 3.63) is 75.3 Å². The van der Waals surface area contributed by atoms with Crippen LogP contribution in [0.2, 0.25) is 0 Å². The van der Waals surface area contributed by atoms with Crippen LogP contribution in [0.15, 0.2) is 54.0 Å². The molecule has 0 amide bonds. The van der Waals surface area contributed by atoms with Gasteiger partial charge in [-0.05, 0) is 60.2 Å². The summed E-state index contributed by atoms with van der Waals surface area (Å²) < 4.78 is 82.9. The number of alkyl halides is 4. The number of aromatic nitrogens is 1. The Kier molecular flexibility index (Phi) is 10.7. The number of nitro groups is 1. The summed E-state index contributed by atoms with van der Waals surface area (Å²) in [5.41, 5.74) is -4.08.